The molecule has 0 saturated carbocycles. The van der Waals surface area contributed by atoms with Crippen LogP contribution in [-0.2, 0) is 28.6 Å². The molecule has 0 aromatic heterocycles. The Balaban J connectivity index is 4.33. The molecule has 0 saturated heterocycles. The maximum Gasteiger partial charge on any atom is 0.306 e. The monoisotopic (exact) mass is 1150 g/mol. The Hall–Kier alpha value is -4.45. The second kappa shape index (κ2) is 70.0. The van der Waals surface area contributed by atoms with Crippen molar-refractivity contribution >= 4 is 17.9 Å². The van der Waals surface area contributed by atoms with Crippen LogP contribution in [0.25, 0.3) is 0 Å². The Morgan fingerprint density at radius 1 is 0.253 bits per heavy atom. The van der Waals surface area contributed by atoms with E-state index in [-0.39, 0.29) is 31.1 Å². The molecular weight excluding hydrogens is 1020 g/mol. The van der Waals surface area contributed by atoms with Crippen LogP contribution in [0.3, 0.4) is 0 Å². The second-order valence-corrected chi connectivity index (χ2v) is 22.7. The van der Waals surface area contributed by atoms with E-state index < -0.39 is 6.10 Å². The number of rotatable bonds is 62. The highest BCUT2D eigenvalue weighted by Crippen LogP contribution is 2.16. The Bertz CT molecular complexity index is 1750. The molecular formula is C77H128O6. The van der Waals surface area contributed by atoms with Gasteiger partial charge >= 0.3 is 17.9 Å². The van der Waals surface area contributed by atoms with Gasteiger partial charge in [-0.2, -0.15) is 0 Å². The third kappa shape index (κ3) is 68.2. The molecule has 0 aliphatic rings. The molecule has 0 spiro atoms. The van der Waals surface area contributed by atoms with E-state index in [4.69, 9.17) is 14.2 Å². The summed E-state index contributed by atoms with van der Waals surface area (Å²) < 4.78 is 17.0. The third-order valence-electron chi connectivity index (χ3n) is 14.6. The lowest BCUT2D eigenvalue weighted by Crippen LogP contribution is -2.30. The summed E-state index contributed by atoms with van der Waals surface area (Å²) in [6.45, 7) is 6.41. The fourth-order valence-corrected chi connectivity index (χ4v) is 9.49. The summed E-state index contributed by atoms with van der Waals surface area (Å²) >= 11 is 0. The first kappa shape index (κ1) is 78.5. The Morgan fingerprint density at radius 2 is 0.470 bits per heavy atom. The van der Waals surface area contributed by atoms with Crippen LogP contribution in [0.15, 0.2) is 134 Å². The van der Waals surface area contributed by atoms with Crippen LogP contribution in [0.1, 0.15) is 316 Å². The lowest BCUT2D eigenvalue weighted by molar-refractivity contribution is -0.167. The topological polar surface area (TPSA) is 78.9 Å². The summed E-state index contributed by atoms with van der Waals surface area (Å²) in [5.74, 6) is -0.897. The minimum absolute atomic E-state index is 0.0866. The van der Waals surface area contributed by atoms with Gasteiger partial charge in [0.15, 0.2) is 6.10 Å². The van der Waals surface area contributed by atoms with Gasteiger partial charge in [-0.25, -0.2) is 0 Å². The van der Waals surface area contributed by atoms with Crippen LogP contribution in [0.2, 0.25) is 0 Å². The predicted molar refractivity (Wildman–Crippen MR) is 362 cm³/mol. The molecule has 0 aliphatic carbocycles. The van der Waals surface area contributed by atoms with Crippen molar-refractivity contribution in [1.82, 2.24) is 0 Å². The van der Waals surface area contributed by atoms with Gasteiger partial charge in [0.2, 0.25) is 0 Å². The van der Waals surface area contributed by atoms with E-state index in [1.165, 1.54) is 141 Å². The minimum atomic E-state index is -0.792. The maximum atomic E-state index is 13.0. The van der Waals surface area contributed by atoms with Crippen molar-refractivity contribution in [3.8, 4) is 0 Å². The molecule has 6 nitrogen and oxygen atoms in total. The van der Waals surface area contributed by atoms with Crippen LogP contribution in [0.5, 0.6) is 0 Å². The summed E-state index contributed by atoms with van der Waals surface area (Å²) in [6, 6.07) is 0. The summed E-state index contributed by atoms with van der Waals surface area (Å²) in [6.07, 6.45) is 98.9. The molecule has 0 fully saturated rings. The number of allylic oxidation sites excluding steroid dienone is 22. The minimum Gasteiger partial charge on any atom is -0.462 e. The van der Waals surface area contributed by atoms with Crippen molar-refractivity contribution in [3.63, 3.8) is 0 Å². The van der Waals surface area contributed by atoms with Crippen LogP contribution < -0.4 is 0 Å². The highest BCUT2D eigenvalue weighted by Gasteiger charge is 2.19. The summed E-state index contributed by atoms with van der Waals surface area (Å²) in [7, 11) is 0. The van der Waals surface area contributed by atoms with Gasteiger partial charge in [-0.1, -0.05) is 296 Å². The molecule has 83 heavy (non-hydrogen) atoms. The molecule has 1 atom stereocenters. The van der Waals surface area contributed by atoms with Crippen molar-refractivity contribution < 1.29 is 28.6 Å². The zero-order chi connectivity index (χ0) is 59.9. The normalized spacial score (nSPS) is 13.0. The fourth-order valence-electron chi connectivity index (χ4n) is 9.49. The Labute approximate surface area is 513 Å². The first-order valence-corrected chi connectivity index (χ1v) is 34.7. The lowest BCUT2D eigenvalue weighted by Gasteiger charge is -2.18. The zero-order valence-corrected chi connectivity index (χ0v) is 54.2. The number of carbonyl (C=O) groups excluding carboxylic acids is 3. The van der Waals surface area contributed by atoms with E-state index in [0.717, 1.165) is 135 Å². The molecule has 1 unspecified atom stereocenters. The highest BCUT2D eigenvalue weighted by molar-refractivity contribution is 5.71. The number of carbonyl (C=O) groups is 3. The van der Waals surface area contributed by atoms with E-state index in [2.05, 4.69) is 154 Å². The molecule has 0 amide bonds. The molecule has 0 aromatic carbocycles. The Kier molecular flexibility index (Phi) is 66.3. The molecule has 0 aliphatic heterocycles. The number of hydrogen-bond donors (Lipinski definition) is 0. The van der Waals surface area contributed by atoms with E-state index in [9.17, 15) is 14.4 Å². The second-order valence-electron chi connectivity index (χ2n) is 22.7. The van der Waals surface area contributed by atoms with Gasteiger partial charge in [-0.3, -0.25) is 14.4 Å². The molecule has 0 rings (SSSR count). The fraction of sp³-hybridized carbons (Fsp3) is 0.675. The highest BCUT2D eigenvalue weighted by atomic mass is 16.6. The van der Waals surface area contributed by atoms with Crippen LogP contribution >= 0.6 is 0 Å². The van der Waals surface area contributed by atoms with Crippen LogP contribution in [0.4, 0.5) is 0 Å². The van der Waals surface area contributed by atoms with Gasteiger partial charge in [0.1, 0.15) is 13.2 Å². The average molecular weight is 1150 g/mol. The molecule has 6 heteroatoms. The van der Waals surface area contributed by atoms with Gasteiger partial charge in [0, 0.05) is 19.3 Å². The summed E-state index contributed by atoms with van der Waals surface area (Å²) in [5.41, 5.74) is 0. The summed E-state index contributed by atoms with van der Waals surface area (Å²) in [5, 5.41) is 0. The quantitative estimate of drug-likeness (QED) is 0.0261. The Morgan fingerprint density at radius 3 is 0.747 bits per heavy atom. The van der Waals surface area contributed by atoms with Gasteiger partial charge in [0.25, 0.3) is 0 Å². The summed E-state index contributed by atoms with van der Waals surface area (Å²) in [4.78, 5) is 38.4. The largest absolute Gasteiger partial charge is 0.462 e. The number of unbranched alkanes of at least 4 members (excludes halogenated alkanes) is 29. The van der Waals surface area contributed by atoms with Crippen LogP contribution in [0, 0.1) is 0 Å². The smallest absolute Gasteiger partial charge is 0.306 e. The van der Waals surface area contributed by atoms with Crippen molar-refractivity contribution in [2.75, 3.05) is 13.2 Å². The molecule has 0 radical (unpaired) electrons. The zero-order valence-electron chi connectivity index (χ0n) is 54.2. The lowest BCUT2D eigenvalue weighted by atomic mass is 10.0. The van der Waals surface area contributed by atoms with E-state index in [1.54, 1.807) is 0 Å². The van der Waals surface area contributed by atoms with E-state index in [1.807, 2.05) is 0 Å². The van der Waals surface area contributed by atoms with Crippen molar-refractivity contribution in [2.24, 2.45) is 0 Å². The molecule has 0 heterocycles. The SMILES string of the molecule is CC/C=C\C/C=C\C/C=C\C/C=C\C/C=C\CCCCCCCCCCCCCC(=O)OCC(COC(=O)CCCCCCC/C=C\CCCCCC)OC(=O)CCCCCCCCCCC/C=C\C/C=C\C/C=C\C/C=C\C/C=C\CC. The van der Waals surface area contributed by atoms with Crippen molar-refractivity contribution in [2.45, 2.75) is 322 Å². The first-order valence-electron chi connectivity index (χ1n) is 34.7. The maximum absolute atomic E-state index is 13.0. The molecule has 0 aromatic rings. The van der Waals surface area contributed by atoms with E-state index >= 15 is 0 Å². The molecule has 0 bridgehead atoms. The standard InChI is InChI=1S/C77H128O6/c1-4-7-10-13-16-19-22-25-27-29-31-33-35-37-38-40-41-43-45-47-49-52-55-58-61-64-67-70-76(79)82-73-74(72-81-75(78)69-66-63-60-57-54-51-24-21-18-15-12-9-6-3)83-77(80)71-68-65-62-59-56-53-50-48-46-44-42-39-36-34-32-30-28-26-23-20-17-14-11-8-5-2/h7-8,10-11,16-17,19-21,24-28,31-34,37-39,42,74H,4-6,9,12-15,18,22-23,29-30,35-36,40-41,43-73H2,1-3H3/b10-7-,11-8-,19-16-,20-17-,24-21-,27-25-,28-26-,33-31-,34-32-,38-37-,42-39-. The molecule has 0 N–H and O–H groups in total. The van der Waals surface area contributed by atoms with Gasteiger partial charge in [0.05, 0.1) is 0 Å². The van der Waals surface area contributed by atoms with Gasteiger partial charge in [-0.15, -0.1) is 0 Å². The predicted octanol–water partition coefficient (Wildman–Crippen LogP) is 24.1. The number of hydrogen-bond acceptors (Lipinski definition) is 6. The third-order valence-corrected chi connectivity index (χ3v) is 14.6. The number of ether oxygens (including phenoxy) is 3. The van der Waals surface area contributed by atoms with Crippen LogP contribution in [-0.4, -0.2) is 37.2 Å². The molecule has 472 valence electrons. The number of esters is 3. The van der Waals surface area contributed by atoms with Crippen molar-refractivity contribution in [3.05, 3.63) is 134 Å². The van der Waals surface area contributed by atoms with E-state index in [0.29, 0.717) is 19.3 Å². The first-order chi connectivity index (χ1) is 41.0. The van der Waals surface area contributed by atoms with Gasteiger partial charge < -0.3 is 14.2 Å². The average Bonchev–Trinajstić information content (AvgIpc) is 3.49. The van der Waals surface area contributed by atoms with Crippen molar-refractivity contribution in [1.29, 1.82) is 0 Å². The van der Waals surface area contributed by atoms with Gasteiger partial charge in [-0.05, 0) is 135 Å².